The lowest BCUT2D eigenvalue weighted by Crippen LogP contribution is -2.42. The van der Waals surface area contributed by atoms with Crippen LogP contribution >= 0.6 is 0 Å². The lowest BCUT2D eigenvalue weighted by atomic mass is 9.99. The Morgan fingerprint density at radius 1 is 1.33 bits per heavy atom. The van der Waals surface area contributed by atoms with E-state index in [9.17, 15) is 13.2 Å². The maximum atomic E-state index is 12.8. The first-order valence-corrected chi connectivity index (χ1v) is 11.0. The van der Waals surface area contributed by atoms with Gasteiger partial charge >= 0.3 is 0 Å². The molecule has 1 saturated heterocycles. The molecule has 27 heavy (non-hydrogen) atoms. The smallest absolute Gasteiger partial charge is 0.263 e. The Bertz CT molecular complexity index is 814. The number of aliphatic imine (C=N–C) groups is 1. The van der Waals surface area contributed by atoms with Crippen LogP contribution in [0.3, 0.4) is 0 Å². The largest absolute Gasteiger partial charge is 0.354 e. The zero-order chi connectivity index (χ0) is 19.4. The standard InChI is InChI=1S/C19H28N4O3S/c1-13(2)10-16(19(24)21-12-14-6-5-9-20-11-14)22-18-15-7-3-4-8-17(15)27(25,26)23-18/h3-4,7-8,13-14,16,20H,5-6,9-12H2,1-2H3,(H,21,24)(H,22,23). The van der Waals surface area contributed by atoms with E-state index in [2.05, 4.69) is 20.3 Å². The van der Waals surface area contributed by atoms with E-state index in [1.165, 1.54) is 0 Å². The normalized spacial score (nSPS) is 23.7. The molecular formula is C19H28N4O3S. The number of amidine groups is 1. The molecule has 1 aromatic rings. The quantitative estimate of drug-likeness (QED) is 0.678. The predicted octanol–water partition coefficient (Wildman–Crippen LogP) is 1.26. The van der Waals surface area contributed by atoms with E-state index >= 15 is 0 Å². The molecule has 1 amide bonds. The summed E-state index contributed by atoms with van der Waals surface area (Å²) in [6.45, 7) is 6.62. The summed E-state index contributed by atoms with van der Waals surface area (Å²) in [6.07, 6.45) is 2.78. The monoisotopic (exact) mass is 392 g/mol. The fraction of sp³-hybridized carbons (Fsp3) is 0.579. The van der Waals surface area contributed by atoms with Crippen LogP contribution in [0.25, 0.3) is 0 Å². The Balaban J connectivity index is 1.77. The average molecular weight is 393 g/mol. The molecule has 3 rings (SSSR count). The van der Waals surface area contributed by atoms with E-state index in [0.29, 0.717) is 24.4 Å². The van der Waals surface area contributed by atoms with Crippen LogP contribution in [0.15, 0.2) is 34.2 Å². The van der Waals surface area contributed by atoms with Crippen LogP contribution in [0.1, 0.15) is 38.7 Å². The summed E-state index contributed by atoms with van der Waals surface area (Å²) in [5.74, 6) is 0.798. The zero-order valence-electron chi connectivity index (χ0n) is 15.9. The summed E-state index contributed by atoms with van der Waals surface area (Å²) >= 11 is 0. The van der Waals surface area contributed by atoms with Crippen molar-refractivity contribution in [3.8, 4) is 0 Å². The highest BCUT2D eigenvalue weighted by Gasteiger charge is 2.32. The number of nitrogens with zero attached hydrogens (tertiary/aromatic N) is 1. The second kappa shape index (κ2) is 8.39. The molecule has 2 aliphatic rings. The lowest BCUT2D eigenvalue weighted by molar-refractivity contribution is -0.122. The third kappa shape index (κ3) is 4.87. The molecule has 2 atom stereocenters. The second-order valence-electron chi connectivity index (χ2n) is 7.68. The van der Waals surface area contributed by atoms with Gasteiger partial charge in [0.25, 0.3) is 10.0 Å². The first-order valence-electron chi connectivity index (χ1n) is 9.55. The van der Waals surface area contributed by atoms with Crippen molar-refractivity contribution in [1.29, 1.82) is 0 Å². The van der Waals surface area contributed by atoms with Gasteiger partial charge in [-0.2, -0.15) is 0 Å². The molecule has 1 aromatic carbocycles. The van der Waals surface area contributed by atoms with Gasteiger partial charge in [0.15, 0.2) is 0 Å². The van der Waals surface area contributed by atoms with E-state index in [-0.39, 0.29) is 22.6 Å². The van der Waals surface area contributed by atoms with E-state index in [1.54, 1.807) is 24.3 Å². The second-order valence-corrected chi connectivity index (χ2v) is 9.33. The fourth-order valence-electron chi connectivity index (χ4n) is 3.51. The summed E-state index contributed by atoms with van der Waals surface area (Å²) in [7, 11) is -3.60. The average Bonchev–Trinajstić information content (AvgIpc) is 2.90. The number of hydrogen-bond donors (Lipinski definition) is 3. The highest BCUT2D eigenvalue weighted by molar-refractivity contribution is 7.90. The molecule has 2 heterocycles. The maximum Gasteiger partial charge on any atom is 0.263 e. The van der Waals surface area contributed by atoms with Crippen LogP contribution < -0.4 is 15.4 Å². The molecule has 2 aliphatic heterocycles. The summed E-state index contributed by atoms with van der Waals surface area (Å²) in [5.41, 5.74) is 0.524. The molecule has 0 aromatic heterocycles. The van der Waals surface area contributed by atoms with Crippen molar-refractivity contribution in [2.24, 2.45) is 16.8 Å². The minimum absolute atomic E-state index is 0.148. The first-order chi connectivity index (χ1) is 12.9. The minimum atomic E-state index is -3.60. The van der Waals surface area contributed by atoms with E-state index in [0.717, 1.165) is 25.9 Å². The molecule has 8 heteroatoms. The van der Waals surface area contributed by atoms with E-state index < -0.39 is 16.1 Å². The van der Waals surface area contributed by atoms with Crippen LogP contribution in [0.5, 0.6) is 0 Å². The number of amides is 1. The third-order valence-corrected chi connectivity index (χ3v) is 6.31. The molecule has 148 valence electrons. The Kier molecular flexibility index (Phi) is 6.16. The molecule has 0 bridgehead atoms. The Hall–Kier alpha value is -1.93. The van der Waals surface area contributed by atoms with Crippen molar-refractivity contribution in [2.45, 2.75) is 44.0 Å². The summed E-state index contributed by atoms with van der Waals surface area (Å²) in [5, 5.41) is 6.36. The number of rotatable bonds is 6. The van der Waals surface area contributed by atoms with Gasteiger partial charge in [0.1, 0.15) is 11.9 Å². The van der Waals surface area contributed by atoms with Crippen molar-refractivity contribution in [2.75, 3.05) is 19.6 Å². The summed E-state index contributed by atoms with van der Waals surface area (Å²) in [4.78, 5) is 17.5. The number of carbonyl (C=O) groups is 1. The van der Waals surface area contributed by atoms with Crippen molar-refractivity contribution >= 4 is 21.8 Å². The first kappa shape index (κ1) is 19.8. The van der Waals surface area contributed by atoms with E-state index in [4.69, 9.17) is 0 Å². The molecule has 0 spiro atoms. The molecule has 2 unspecified atom stereocenters. The topological polar surface area (TPSA) is 99.7 Å². The Labute approximate surface area is 161 Å². The van der Waals surface area contributed by atoms with Gasteiger partial charge in [-0.05, 0) is 56.3 Å². The SMILES string of the molecule is CC(C)CC(N=C1NS(=O)(=O)c2ccccc21)C(=O)NCC1CCCNC1. The minimum Gasteiger partial charge on any atom is -0.354 e. The van der Waals surface area contributed by atoms with Gasteiger partial charge in [0.05, 0.1) is 4.90 Å². The van der Waals surface area contributed by atoms with Crippen LogP contribution in [0.4, 0.5) is 0 Å². The molecule has 0 aliphatic carbocycles. The lowest BCUT2D eigenvalue weighted by Gasteiger charge is -2.24. The van der Waals surface area contributed by atoms with E-state index in [1.807, 2.05) is 13.8 Å². The fourth-order valence-corrected chi connectivity index (χ4v) is 4.75. The summed E-state index contributed by atoms with van der Waals surface area (Å²) in [6, 6.07) is 6.09. The summed E-state index contributed by atoms with van der Waals surface area (Å²) < 4.78 is 27.0. The highest BCUT2D eigenvalue weighted by Crippen LogP contribution is 2.23. The van der Waals surface area contributed by atoms with Crippen molar-refractivity contribution in [3.63, 3.8) is 0 Å². The molecular weight excluding hydrogens is 364 g/mol. The van der Waals surface area contributed by atoms with Gasteiger partial charge in [-0.15, -0.1) is 0 Å². The predicted molar refractivity (Wildman–Crippen MR) is 105 cm³/mol. The Morgan fingerprint density at radius 3 is 2.81 bits per heavy atom. The van der Waals surface area contributed by atoms with Crippen molar-refractivity contribution in [3.05, 3.63) is 29.8 Å². The molecule has 1 fully saturated rings. The molecule has 3 N–H and O–H groups in total. The zero-order valence-corrected chi connectivity index (χ0v) is 16.7. The maximum absolute atomic E-state index is 12.8. The molecule has 0 saturated carbocycles. The van der Waals surface area contributed by atoms with Gasteiger partial charge in [0.2, 0.25) is 5.91 Å². The number of sulfonamides is 1. The van der Waals surface area contributed by atoms with Crippen molar-refractivity contribution in [1.82, 2.24) is 15.4 Å². The van der Waals surface area contributed by atoms with Gasteiger partial charge in [0, 0.05) is 12.1 Å². The van der Waals surface area contributed by atoms with Gasteiger partial charge in [-0.3, -0.25) is 14.5 Å². The van der Waals surface area contributed by atoms with Crippen LogP contribution in [-0.2, 0) is 14.8 Å². The van der Waals surface area contributed by atoms with Crippen LogP contribution in [0, 0.1) is 11.8 Å². The molecule has 7 nitrogen and oxygen atoms in total. The van der Waals surface area contributed by atoms with Crippen molar-refractivity contribution < 1.29 is 13.2 Å². The number of hydrogen-bond acceptors (Lipinski definition) is 5. The number of carbonyl (C=O) groups excluding carboxylic acids is 1. The number of benzene rings is 1. The molecule has 0 radical (unpaired) electrons. The van der Waals surface area contributed by atoms with Gasteiger partial charge in [-0.25, -0.2) is 8.42 Å². The van der Waals surface area contributed by atoms with Crippen LogP contribution in [0.2, 0.25) is 0 Å². The Morgan fingerprint density at radius 2 is 2.11 bits per heavy atom. The number of fused-ring (bicyclic) bond motifs is 1. The van der Waals surface area contributed by atoms with Gasteiger partial charge < -0.3 is 10.6 Å². The number of piperidine rings is 1. The van der Waals surface area contributed by atoms with Gasteiger partial charge in [-0.1, -0.05) is 26.0 Å². The number of nitrogens with one attached hydrogen (secondary N) is 3. The third-order valence-electron chi connectivity index (χ3n) is 4.91. The van der Waals surface area contributed by atoms with Crippen LogP contribution in [-0.4, -0.2) is 45.8 Å². The highest BCUT2D eigenvalue weighted by atomic mass is 32.2.